The molecule has 1 N–H and O–H groups in total. The molecule has 5 nitrogen and oxygen atoms in total. The second-order valence-electron chi connectivity index (χ2n) is 5.62. The summed E-state index contributed by atoms with van der Waals surface area (Å²) in [5.74, 6) is 0. The highest BCUT2D eigenvalue weighted by molar-refractivity contribution is 7.86. The van der Waals surface area contributed by atoms with Gasteiger partial charge in [-0.25, -0.2) is 0 Å². The fraction of sp³-hybridized carbons (Fsp3) is 0.867. The number of hydrogen-bond acceptors (Lipinski definition) is 3. The van der Waals surface area contributed by atoms with E-state index >= 15 is 0 Å². The first kappa shape index (κ1) is 18.6. The minimum absolute atomic E-state index is 0.0828. The Morgan fingerprint density at radius 1 is 1.33 bits per heavy atom. The van der Waals surface area contributed by atoms with E-state index in [0.717, 1.165) is 45.2 Å². The normalized spacial score (nSPS) is 20.8. The molecule has 0 aliphatic carbocycles. The molecule has 0 amide bonds. The van der Waals surface area contributed by atoms with Gasteiger partial charge >= 0.3 is 0 Å². The van der Waals surface area contributed by atoms with Gasteiger partial charge < -0.3 is 5.32 Å². The minimum atomic E-state index is -3.38. The van der Waals surface area contributed by atoms with E-state index in [9.17, 15) is 8.42 Å². The Morgan fingerprint density at radius 3 is 2.71 bits per heavy atom. The molecule has 1 aliphatic rings. The molecule has 124 valence electrons. The molecule has 21 heavy (non-hydrogen) atoms. The Morgan fingerprint density at radius 2 is 2.10 bits per heavy atom. The van der Waals surface area contributed by atoms with Crippen molar-refractivity contribution in [2.45, 2.75) is 52.0 Å². The van der Waals surface area contributed by atoms with Gasteiger partial charge in [-0.15, -0.1) is 6.58 Å². The standard InChI is InChI=1S/C15H31N3O2S/c1-4-10-16-14-15-9-7-8-13-18(15)21(19,20)17(11-5-2)12-6-3/h5,15-16H,2,4,6-14H2,1,3H3. The Kier molecular flexibility index (Phi) is 8.48. The zero-order valence-corrected chi connectivity index (χ0v) is 14.4. The Balaban J connectivity index is 2.81. The fourth-order valence-electron chi connectivity index (χ4n) is 2.77. The third kappa shape index (κ3) is 5.36. The van der Waals surface area contributed by atoms with Crippen molar-refractivity contribution in [2.24, 2.45) is 0 Å². The highest BCUT2D eigenvalue weighted by Gasteiger charge is 2.35. The maximum Gasteiger partial charge on any atom is 0.282 e. The van der Waals surface area contributed by atoms with Crippen molar-refractivity contribution in [2.75, 3.05) is 32.7 Å². The van der Waals surface area contributed by atoms with E-state index in [1.807, 2.05) is 6.92 Å². The van der Waals surface area contributed by atoms with Crippen molar-refractivity contribution in [1.29, 1.82) is 0 Å². The molecule has 1 aliphatic heterocycles. The van der Waals surface area contributed by atoms with Crippen LogP contribution in [0, 0.1) is 0 Å². The summed E-state index contributed by atoms with van der Waals surface area (Å²) in [5.41, 5.74) is 0. The molecular formula is C15H31N3O2S. The maximum atomic E-state index is 12.9. The smallest absolute Gasteiger partial charge is 0.282 e. The van der Waals surface area contributed by atoms with Crippen LogP contribution in [0.3, 0.4) is 0 Å². The first-order valence-electron chi connectivity index (χ1n) is 8.16. The van der Waals surface area contributed by atoms with E-state index in [0.29, 0.717) is 19.6 Å². The third-order valence-corrected chi connectivity index (χ3v) is 5.87. The molecule has 1 atom stereocenters. The monoisotopic (exact) mass is 317 g/mol. The quantitative estimate of drug-likeness (QED) is 0.495. The van der Waals surface area contributed by atoms with Crippen LogP contribution in [0.5, 0.6) is 0 Å². The van der Waals surface area contributed by atoms with Crippen molar-refractivity contribution in [3.8, 4) is 0 Å². The molecule has 6 heteroatoms. The lowest BCUT2D eigenvalue weighted by Crippen LogP contribution is -2.53. The summed E-state index contributed by atoms with van der Waals surface area (Å²) in [6.45, 7) is 11.1. The van der Waals surface area contributed by atoms with Gasteiger partial charge in [-0.1, -0.05) is 26.3 Å². The first-order valence-corrected chi connectivity index (χ1v) is 9.56. The summed E-state index contributed by atoms with van der Waals surface area (Å²) in [5, 5.41) is 3.36. The number of piperidine rings is 1. The van der Waals surface area contributed by atoms with E-state index in [1.54, 1.807) is 14.7 Å². The molecule has 1 saturated heterocycles. The van der Waals surface area contributed by atoms with Gasteiger partial charge in [0.05, 0.1) is 0 Å². The highest BCUT2D eigenvalue weighted by Crippen LogP contribution is 2.22. The summed E-state index contributed by atoms with van der Waals surface area (Å²) in [7, 11) is -3.38. The second kappa shape index (κ2) is 9.56. The third-order valence-electron chi connectivity index (χ3n) is 3.81. The van der Waals surface area contributed by atoms with E-state index in [4.69, 9.17) is 0 Å². The summed E-state index contributed by atoms with van der Waals surface area (Å²) in [6.07, 6.45) is 6.57. The second-order valence-corrected chi connectivity index (χ2v) is 7.50. The van der Waals surface area contributed by atoms with Crippen molar-refractivity contribution >= 4 is 10.2 Å². The summed E-state index contributed by atoms with van der Waals surface area (Å²) in [4.78, 5) is 0. The van der Waals surface area contributed by atoms with Gasteiger partial charge in [0.15, 0.2) is 0 Å². The molecule has 0 spiro atoms. The van der Waals surface area contributed by atoms with Gasteiger partial charge in [0.1, 0.15) is 0 Å². The lowest BCUT2D eigenvalue weighted by atomic mass is 10.1. The van der Waals surface area contributed by atoms with Gasteiger partial charge in [-0.2, -0.15) is 17.0 Å². The lowest BCUT2D eigenvalue weighted by Gasteiger charge is -2.38. The van der Waals surface area contributed by atoms with Crippen LogP contribution in [0.15, 0.2) is 12.7 Å². The van der Waals surface area contributed by atoms with Crippen LogP contribution in [0.2, 0.25) is 0 Å². The summed E-state index contributed by atoms with van der Waals surface area (Å²) < 4.78 is 29.0. The van der Waals surface area contributed by atoms with Crippen molar-refractivity contribution in [1.82, 2.24) is 13.9 Å². The molecular weight excluding hydrogens is 286 g/mol. The number of rotatable bonds is 10. The average molecular weight is 317 g/mol. The molecule has 0 aromatic rings. The number of hydrogen-bond donors (Lipinski definition) is 1. The molecule has 0 bridgehead atoms. The molecule has 1 heterocycles. The Labute approximate surface area is 130 Å². The van der Waals surface area contributed by atoms with Crippen LogP contribution in [0.25, 0.3) is 0 Å². The highest BCUT2D eigenvalue weighted by atomic mass is 32.2. The van der Waals surface area contributed by atoms with Crippen LogP contribution in [-0.4, -0.2) is 55.8 Å². The summed E-state index contributed by atoms with van der Waals surface area (Å²) in [6, 6.07) is 0.0828. The minimum Gasteiger partial charge on any atom is -0.315 e. The van der Waals surface area contributed by atoms with Gasteiger partial charge in [0.25, 0.3) is 10.2 Å². The molecule has 1 fully saturated rings. The van der Waals surface area contributed by atoms with E-state index < -0.39 is 10.2 Å². The molecule has 1 unspecified atom stereocenters. The van der Waals surface area contributed by atoms with Gasteiger partial charge in [0.2, 0.25) is 0 Å². The van der Waals surface area contributed by atoms with Crippen LogP contribution in [-0.2, 0) is 10.2 Å². The van der Waals surface area contributed by atoms with Crippen LogP contribution in [0.1, 0.15) is 46.0 Å². The molecule has 0 saturated carbocycles. The van der Waals surface area contributed by atoms with Crippen molar-refractivity contribution in [3.63, 3.8) is 0 Å². The Bertz CT molecular complexity index is 398. The zero-order chi connectivity index (χ0) is 15.7. The molecule has 0 aromatic heterocycles. The van der Waals surface area contributed by atoms with Crippen LogP contribution in [0.4, 0.5) is 0 Å². The van der Waals surface area contributed by atoms with Gasteiger partial charge in [-0.3, -0.25) is 0 Å². The van der Waals surface area contributed by atoms with E-state index in [2.05, 4.69) is 18.8 Å². The first-order chi connectivity index (χ1) is 10.1. The largest absolute Gasteiger partial charge is 0.315 e. The molecule has 0 radical (unpaired) electrons. The fourth-order valence-corrected chi connectivity index (χ4v) is 4.69. The lowest BCUT2D eigenvalue weighted by molar-refractivity contribution is 0.228. The zero-order valence-electron chi connectivity index (χ0n) is 13.6. The molecule has 1 rings (SSSR count). The van der Waals surface area contributed by atoms with Crippen LogP contribution >= 0.6 is 0 Å². The Hall–Kier alpha value is -0.430. The predicted octanol–water partition coefficient (Wildman–Crippen LogP) is 1.98. The van der Waals surface area contributed by atoms with Crippen molar-refractivity contribution in [3.05, 3.63) is 12.7 Å². The van der Waals surface area contributed by atoms with Gasteiger partial charge in [-0.05, 0) is 32.2 Å². The SMILES string of the molecule is C=CCN(CCC)S(=O)(=O)N1CCCCC1CNCCC. The van der Waals surface area contributed by atoms with Crippen molar-refractivity contribution < 1.29 is 8.42 Å². The van der Waals surface area contributed by atoms with Crippen LogP contribution < -0.4 is 5.32 Å². The predicted molar refractivity (Wildman–Crippen MR) is 88.5 cm³/mol. The molecule has 0 aromatic carbocycles. The van der Waals surface area contributed by atoms with E-state index in [-0.39, 0.29) is 6.04 Å². The number of nitrogens with one attached hydrogen (secondary N) is 1. The topological polar surface area (TPSA) is 52.7 Å². The van der Waals surface area contributed by atoms with Gasteiger partial charge in [0, 0.05) is 32.2 Å². The maximum absolute atomic E-state index is 12.9. The van der Waals surface area contributed by atoms with E-state index in [1.165, 1.54) is 0 Å². The summed E-state index contributed by atoms with van der Waals surface area (Å²) >= 11 is 0. The number of nitrogens with zero attached hydrogens (tertiary/aromatic N) is 2. The average Bonchev–Trinajstić information content (AvgIpc) is 2.47.